The van der Waals surface area contributed by atoms with Gasteiger partial charge in [0.25, 0.3) is 0 Å². The number of carbonyl (C=O) groups excluding carboxylic acids is 1. The number of hydrogen-bond acceptors (Lipinski definition) is 3. The number of nitrogens with zero attached hydrogens (tertiary/aromatic N) is 1. The Hall–Kier alpha value is -1.55. The molecule has 1 aromatic rings. The fourth-order valence-electron chi connectivity index (χ4n) is 3.33. The molecule has 2 heterocycles. The maximum absolute atomic E-state index is 12.7. The second-order valence-corrected chi connectivity index (χ2v) is 5.80. The first-order valence-corrected chi connectivity index (χ1v) is 7.52. The second-order valence-electron chi connectivity index (χ2n) is 5.80. The number of likely N-dealkylation sites (tertiary alicyclic amines) is 1. The lowest BCUT2D eigenvalue weighted by atomic mass is 9.91. The number of aliphatic hydroxyl groups is 1. The van der Waals surface area contributed by atoms with Crippen molar-refractivity contribution >= 4 is 11.6 Å². The monoisotopic (exact) mass is 274 g/mol. The van der Waals surface area contributed by atoms with Crippen molar-refractivity contribution in [3.63, 3.8) is 0 Å². The third kappa shape index (κ3) is 2.52. The molecule has 0 spiro atoms. The smallest absolute Gasteiger partial charge is 0.228 e. The Balaban J connectivity index is 1.72. The topological polar surface area (TPSA) is 52.6 Å². The van der Waals surface area contributed by atoms with E-state index in [4.69, 9.17) is 0 Å². The first kappa shape index (κ1) is 13.4. The minimum Gasteiger partial charge on any atom is -0.394 e. The van der Waals surface area contributed by atoms with Crippen molar-refractivity contribution in [1.29, 1.82) is 0 Å². The number of para-hydroxylation sites is 1. The normalized spacial score (nSPS) is 25.8. The summed E-state index contributed by atoms with van der Waals surface area (Å²) >= 11 is 0. The number of hydrogen-bond donors (Lipinski definition) is 2. The number of aliphatic hydroxyl groups excluding tert-OH is 1. The van der Waals surface area contributed by atoms with E-state index in [1.807, 2.05) is 17.0 Å². The summed E-state index contributed by atoms with van der Waals surface area (Å²) in [6.45, 7) is 1.58. The Morgan fingerprint density at radius 3 is 3.05 bits per heavy atom. The van der Waals surface area contributed by atoms with Gasteiger partial charge in [0.15, 0.2) is 0 Å². The number of amides is 1. The molecule has 0 bridgehead atoms. The van der Waals surface area contributed by atoms with Gasteiger partial charge in [-0.15, -0.1) is 0 Å². The molecule has 0 aromatic heterocycles. The Labute approximate surface area is 119 Å². The zero-order valence-corrected chi connectivity index (χ0v) is 11.7. The van der Waals surface area contributed by atoms with Crippen LogP contribution < -0.4 is 5.32 Å². The average Bonchev–Trinajstić information content (AvgIpc) is 2.53. The van der Waals surface area contributed by atoms with Gasteiger partial charge in [0.2, 0.25) is 5.91 Å². The maximum atomic E-state index is 12.7. The highest BCUT2D eigenvalue weighted by molar-refractivity contribution is 5.81. The predicted octanol–water partition coefficient (Wildman–Crippen LogP) is 1.64. The number of fused-ring (bicyclic) bond motifs is 1. The summed E-state index contributed by atoms with van der Waals surface area (Å²) in [6, 6.07) is 8.20. The molecule has 3 rings (SSSR count). The van der Waals surface area contributed by atoms with Crippen LogP contribution in [-0.2, 0) is 11.2 Å². The Kier molecular flexibility index (Phi) is 3.92. The van der Waals surface area contributed by atoms with Crippen molar-refractivity contribution in [3.05, 3.63) is 29.8 Å². The molecule has 1 aromatic carbocycles. The molecule has 20 heavy (non-hydrogen) atoms. The molecule has 2 N–H and O–H groups in total. The van der Waals surface area contributed by atoms with Crippen LogP contribution in [0.15, 0.2) is 24.3 Å². The Morgan fingerprint density at radius 2 is 2.20 bits per heavy atom. The first-order chi connectivity index (χ1) is 9.79. The van der Waals surface area contributed by atoms with Crippen molar-refractivity contribution in [3.8, 4) is 0 Å². The van der Waals surface area contributed by atoms with Gasteiger partial charge in [-0.05, 0) is 37.3 Å². The molecule has 2 aliphatic heterocycles. The minimum absolute atomic E-state index is 0.00273. The largest absolute Gasteiger partial charge is 0.394 e. The van der Waals surface area contributed by atoms with Gasteiger partial charge in [0.05, 0.1) is 18.6 Å². The van der Waals surface area contributed by atoms with E-state index in [1.165, 1.54) is 5.56 Å². The fraction of sp³-hybridized carbons (Fsp3) is 0.562. The zero-order valence-electron chi connectivity index (χ0n) is 11.7. The standard InChI is InChI=1S/C16H22N2O2/c19-11-14-6-3-4-8-18(14)16(20)13-9-12-5-1-2-7-15(12)17-10-13/h1-2,5,7,13-14,17,19H,3-4,6,8-11H2. The van der Waals surface area contributed by atoms with Crippen molar-refractivity contribution in [2.24, 2.45) is 5.92 Å². The fourth-order valence-corrected chi connectivity index (χ4v) is 3.33. The van der Waals surface area contributed by atoms with Crippen LogP contribution in [0, 0.1) is 5.92 Å². The summed E-state index contributed by atoms with van der Waals surface area (Å²) in [7, 11) is 0. The van der Waals surface area contributed by atoms with Gasteiger partial charge in [0.1, 0.15) is 0 Å². The van der Waals surface area contributed by atoms with Crippen LogP contribution in [-0.4, -0.2) is 41.7 Å². The van der Waals surface area contributed by atoms with Crippen LogP contribution >= 0.6 is 0 Å². The van der Waals surface area contributed by atoms with Gasteiger partial charge in [-0.1, -0.05) is 18.2 Å². The molecule has 4 nitrogen and oxygen atoms in total. The second kappa shape index (κ2) is 5.83. The van der Waals surface area contributed by atoms with E-state index < -0.39 is 0 Å². The SMILES string of the molecule is O=C(C1CNc2ccccc2C1)N1CCCCC1CO. The van der Waals surface area contributed by atoms with E-state index in [9.17, 15) is 9.90 Å². The van der Waals surface area contributed by atoms with Crippen LogP contribution in [0.3, 0.4) is 0 Å². The van der Waals surface area contributed by atoms with E-state index >= 15 is 0 Å². The van der Waals surface area contributed by atoms with Crippen molar-refractivity contribution in [2.45, 2.75) is 31.7 Å². The first-order valence-electron chi connectivity index (χ1n) is 7.52. The summed E-state index contributed by atoms with van der Waals surface area (Å²) in [4.78, 5) is 14.6. The lowest BCUT2D eigenvalue weighted by Crippen LogP contribution is -2.50. The van der Waals surface area contributed by atoms with E-state index in [0.717, 1.165) is 37.9 Å². The van der Waals surface area contributed by atoms with E-state index in [0.29, 0.717) is 6.54 Å². The maximum Gasteiger partial charge on any atom is 0.228 e. The number of carbonyl (C=O) groups is 1. The van der Waals surface area contributed by atoms with Crippen molar-refractivity contribution in [2.75, 3.05) is 25.0 Å². The van der Waals surface area contributed by atoms with Gasteiger partial charge in [0, 0.05) is 18.8 Å². The molecule has 1 fully saturated rings. The highest BCUT2D eigenvalue weighted by atomic mass is 16.3. The molecule has 4 heteroatoms. The molecule has 2 aliphatic rings. The molecule has 2 atom stereocenters. The number of rotatable bonds is 2. The van der Waals surface area contributed by atoms with Crippen LogP contribution in [0.2, 0.25) is 0 Å². The lowest BCUT2D eigenvalue weighted by Gasteiger charge is -2.38. The minimum atomic E-state index is -0.00273. The summed E-state index contributed by atoms with van der Waals surface area (Å²) in [5.41, 5.74) is 2.36. The van der Waals surface area contributed by atoms with E-state index in [1.54, 1.807) is 0 Å². The summed E-state index contributed by atoms with van der Waals surface area (Å²) in [6.07, 6.45) is 3.90. The van der Waals surface area contributed by atoms with Gasteiger partial charge in [-0.3, -0.25) is 4.79 Å². The van der Waals surface area contributed by atoms with Gasteiger partial charge in [-0.25, -0.2) is 0 Å². The molecule has 1 saturated heterocycles. The third-order valence-corrected chi connectivity index (χ3v) is 4.49. The molecular weight excluding hydrogens is 252 g/mol. The molecule has 0 aliphatic carbocycles. The molecule has 1 amide bonds. The van der Waals surface area contributed by atoms with Gasteiger partial charge < -0.3 is 15.3 Å². The zero-order chi connectivity index (χ0) is 13.9. The quantitative estimate of drug-likeness (QED) is 0.862. The molecule has 108 valence electrons. The Bertz CT molecular complexity index is 489. The van der Waals surface area contributed by atoms with Crippen LogP contribution in [0.25, 0.3) is 0 Å². The average molecular weight is 274 g/mol. The molecule has 2 unspecified atom stereocenters. The van der Waals surface area contributed by atoms with Crippen LogP contribution in [0.4, 0.5) is 5.69 Å². The van der Waals surface area contributed by atoms with Crippen molar-refractivity contribution in [1.82, 2.24) is 4.90 Å². The third-order valence-electron chi connectivity index (χ3n) is 4.49. The molecule has 0 saturated carbocycles. The van der Waals surface area contributed by atoms with Crippen LogP contribution in [0.1, 0.15) is 24.8 Å². The highest BCUT2D eigenvalue weighted by Crippen LogP contribution is 2.27. The van der Waals surface area contributed by atoms with Crippen molar-refractivity contribution < 1.29 is 9.90 Å². The molecule has 0 radical (unpaired) electrons. The predicted molar refractivity (Wildman–Crippen MR) is 78.6 cm³/mol. The van der Waals surface area contributed by atoms with E-state index in [2.05, 4.69) is 17.4 Å². The molecular formula is C16H22N2O2. The Morgan fingerprint density at radius 1 is 1.35 bits per heavy atom. The van der Waals surface area contributed by atoms with E-state index in [-0.39, 0.29) is 24.5 Å². The summed E-state index contributed by atoms with van der Waals surface area (Å²) in [5, 5.41) is 12.8. The lowest BCUT2D eigenvalue weighted by molar-refractivity contribution is -0.140. The summed E-state index contributed by atoms with van der Waals surface area (Å²) < 4.78 is 0. The summed E-state index contributed by atoms with van der Waals surface area (Å²) in [5.74, 6) is 0.197. The number of piperidine rings is 1. The van der Waals surface area contributed by atoms with Gasteiger partial charge >= 0.3 is 0 Å². The van der Waals surface area contributed by atoms with Gasteiger partial charge in [-0.2, -0.15) is 0 Å². The number of anilines is 1. The highest BCUT2D eigenvalue weighted by Gasteiger charge is 2.32. The number of benzene rings is 1. The van der Waals surface area contributed by atoms with Crippen LogP contribution in [0.5, 0.6) is 0 Å². The number of nitrogens with one attached hydrogen (secondary N) is 1.